The maximum absolute atomic E-state index is 12.6. The second-order valence-electron chi connectivity index (χ2n) is 5.68. The minimum absolute atomic E-state index is 0.119. The molecule has 0 aliphatic carbocycles. The number of nitro groups is 1. The summed E-state index contributed by atoms with van der Waals surface area (Å²) in [6, 6.07) is 6.70. The number of anilines is 1. The van der Waals surface area contributed by atoms with Crippen LogP contribution in [0.1, 0.15) is 6.92 Å². The van der Waals surface area contributed by atoms with E-state index in [4.69, 9.17) is 21.1 Å². The summed E-state index contributed by atoms with van der Waals surface area (Å²) >= 11 is 6.17. The van der Waals surface area contributed by atoms with Gasteiger partial charge in [0.15, 0.2) is 5.78 Å². The van der Waals surface area contributed by atoms with Crippen molar-refractivity contribution in [3.63, 3.8) is 0 Å². The normalized spacial score (nSPS) is 11.7. The zero-order chi connectivity index (χ0) is 21.6. The van der Waals surface area contributed by atoms with Crippen LogP contribution in [0.2, 0.25) is 5.02 Å². The van der Waals surface area contributed by atoms with E-state index in [9.17, 15) is 19.7 Å². The van der Waals surface area contributed by atoms with E-state index in [1.54, 1.807) is 0 Å². The summed E-state index contributed by atoms with van der Waals surface area (Å²) < 4.78 is 10.3. The van der Waals surface area contributed by atoms with Gasteiger partial charge in [0.25, 0.3) is 11.6 Å². The predicted molar refractivity (Wildman–Crippen MR) is 105 cm³/mol. The van der Waals surface area contributed by atoms with Crippen LogP contribution in [0.3, 0.4) is 0 Å². The first-order chi connectivity index (χ1) is 13.8. The number of methoxy groups -OCH3 is 2. The van der Waals surface area contributed by atoms with Gasteiger partial charge in [-0.2, -0.15) is 10.2 Å². The van der Waals surface area contributed by atoms with Gasteiger partial charge in [-0.1, -0.05) is 11.6 Å². The van der Waals surface area contributed by atoms with E-state index in [0.29, 0.717) is 5.75 Å². The number of azo groups is 1. The average molecular weight is 421 g/mol. The number of nitro benzene ring substituents is 1. The van der Waals surface area contributed by atoms with Crippen LogP contribution in [0.15, 0.2) is 46.6 Å². The van der Waals surface area contributed by atoms with Gasteiger partial charge in [0.1, 0.15) is 17.2 Å². The van der Waals surface area contributed by atoms with Crippen molar-refractivity contribution in [3.05, 3.63) is 51.5 Å². The Labute approximate surface area is 170 Å². The van der Waals surface area contributed by atoms with Crippen molar-refractivity contribution in [2.45, 2.75) is 13.0 Å². The largest absolute Gasteiger partial charge is 0.497 e. The second kappa shape index (κ2) is 9.60. The fourth-order valence-electron chi connectivity index (χ4n) is 2.23. The van der Waals surface area contributed by atoms with E-state index in [1.165, 1.54) is 57.5 Å². The van der Waals surface area contributed by atoms with Crippen LogP contribution >= 0.6 is 11.6 Å². The Kier molecular flexibility index (Phi) is 7.21. The molecule has 1 N–H and O–H groups in total. The molecule has 1 atom stereocenters. The number of amides is 1. The van der Waals surface area contributed by atoms with Gasteiger partial charge in [-0.05, 0) is 19.1 Å². The molecule has 29 heavy (non-hydrogen) atoms. The number of halogens is 1. The first-order valence-corrected chi connectivity index (χ1v) is 8.52. The molecule has 2 rings (SSSR count). The number of carbonyl (C=O) groups excluding carboxylic acids is 2. The third-order valence-corrected chi connectivity index (χ3v) is 4.01. The Morgan fingerprint density at radius 3 is 2.34 bits per heavy atom. The van der Waals surface area contributed by atoms with E-state index in [2.05, 4.69) is 15.5 Å². The number of Topliss-reactive ketones (excluding diaryl/α,β-unsaturated/α-hetero) is 1. The SMILES string of the molecule is COc1cc(Cl)c(NC(=O)C(N=Nc2ccc([N+](=O)[O-])cc2)C(C)=O)c(OC)c1. The highest BCUT2D eigenvalue weighted by Crippen LogP contribution is 2.37. The Balaban J connectivity index is 2.24. The van der Waals surface area contributed by atoms with Crippen LogP contribution in [-0.4, -0.2) is 36.9 Å². The van der Waals surface area contributed by atoms with Crippen LogP contribution in [0.5, 0.6) is 11.5 Å². The highest BCUT2D eigenvalue weighted by Gasteiger charge is 2.25. The van der Waals surface area contributed by atoms with E-state index in [1.807, 2.05) is 0 Å². The van der Waals surface area contributed by atoms with Crippen LogP contribution in [0.25, 0.3) is 0 Å². The van der Waals surface area contributed by atoms with Gasteiger partial charge < -0.3 is 14.8 Å². The molecule has 0 aliphatic rings. The van der Waals surface area contributed by atoms with Gasteiger partial charge in [0.2, 0.25) is 6.04 Å². The van der Waals surface area contributed by atoms with Crippen molar-refractivity contribution in [2.75, 3.05) is 19.5 Å². The van der Waals surface area contributed by atoms with Gasteiger partial charge in [-0.15, -0.1) is 0 Å². The molecule has 0 radical (unpaired) electrons. The Morgan fingerprint density at radius 1 is 1.17 bits per heavy atom. The molecular formula is C18H17ClN4O6. The summed E-state index contributed by atoms with van der Waals surface area (Å²) in [6.45, 7) is 1.19. The minimum atomic E-state index is -1.45. The van der Waals surface area contributed by atoms with Gasteiger partial charge in [0.05, 0.1) is 29.9 Å². The molecule has 152 valence electrons. The topological polar surface area (TPSA) is 132 Å². The maximum Gasteiger partial charge on any atom is 0.269 e. The Hall–Kier alpha value is -3.53. The molecule has 1 amide bonds. The molecule has 0 spiro atoms. The standard InChI is InChI=1S/C18H17ClN4O6/c1-10(24)16(22-21-11-4-6-12(7-5-11)23(26)27)18(25)20-17-14(19)8-13(28-2)9-15(17)29-3/h4-9,16H,1-3H3,(H,20,25). The lowest BCUT2D eigenvalue weighted by Gasteiger charge is -2.15. The summed E-state index contributed by atoms with van der Waals surface area (Å²) in [7, 11) is 2.84. The predicted octanol–water partition coefficient (Wildman–Crippen LogP) is 3.95. The van der Waals surface area contributed by atoms with E-state index in [0.717, 1.165) is 0 Å². The minimum Gasteiger partial charge on any atom is -0.497 e. The van der Waals surface area contributed by atoms with Crippen LogP contribution in [0, 0.1) is 10.1 Å². The lowest BCUT2D eigenvalue weighted by molar-refractivity contribution is -0.384. The second-order valence-corrected chi connectivity index (χ2v) is 6.09. The highest BCUT2D eigenvalue weighted by molar-refractivity contribution is 6.34. The molecule has 1 unspecified atom stereocenters. The molecule has 0 heterocycles. The van der Waals surface area contributed by atoms with Gasteiger partial charge >= 0.3 is 0 Å². The van der Waals surface area contributed by atoms with Crippen molar-refractivity contribution < 1.29 is 24.0 Å². The number of ether oxygens (including phenoxy) is 2. The number of ketones is 1. The lowest BCUT2D eigenvalue weighted by atomic mass is 10.2. The Bertz CT molecular complexity index is 962. The van der Waals surface area contributed by atoms with E-state index < -0.39 is 22.7 Å². The van der Waals surface area contributed by atoms with Gasteiger partial charge in [-0.25, -0.2) is 0 Å². The van der Waals surface area contributed by atoms with Gasteiger partial charge in [-0.3, -0.25) is 19.7 Å². The summed E-state index contributed by atoms with van der Waals surface area (Å²) in [5.74, 6) is -0.673. The average Bonchev–Trinajstić information content (AvgIpc) is 2.69. The van der Waals surface area contributed by atoms with Crippen LogP contribution in [0.4, 0.5) is 17.1 Å². The van der Waals surface area contributed by atoms with Crippen molar-refractivity contribution in [3.8, 4) is 11.5 Å². The summed E-state index contributed by atoms with van der Waals surface area (Å²) in [4.78, 5) is 34.6. The Morgan fingerprint density at radius 2 is 1.83 bits per heavy atom. The summed E-state index contributed by atoms with van der Waals surface area (Å²) in [5.41, 5.74) is 0.275. The molecule has 2 aromatic carbocycles. The molecule has 0 saturated carbocycles. The summed E-state index contributed by atoms with van der Waals surface area (Å²) in [6.07, 6.45) is 0. The molecular weight excluding hydrogens is 404 g/mol. The molecule has 11 heteroatoms. The molecule has 0 bridgehead atoms. The fourth-order valence-corrected chi connectivity index (χ4v) is 2.48. The highest BCUT2D eigenvalue weighted by atomic mass is 35.5. The van der Waals surface area contributed by atoms with Crippen molar-refractivity contribution in [1.29, 1.82) is 0 Å². The van der Waals surface area contributed by atoms with Crippen molar-refractivity contribution >= 4 is 40.4 Å². The van der Waals surface area contributed by atoms with Crippen molar-refractivity contribution in [2.24, 2.45) is 10.2 Å². The number of carbonyl (C=O) groups is 2. The number of hydrogen-bond donors (Lipinski definition) is 1. The van der Waals surface area contributed by atoms with E-state index in [-0.39, 0.29) is 27.8 Å². The lowest BCUT2D eigenvalue weighted by Crippen LogP contribution is -2.32. The number of nitrogens with one attached hydrogen (secondary N) is 1. The first-order valence-electron chi connectivity index (χ1n) is 8.15. The van der Waals surface area contributed by atoms with Crippen LogP contribution in [-0.2, 0) is 9.59 Å². The number of non-ortho nitro benzene ring substituents is 1. The molecule has 10 nitrogen and oxygen atoms in total. The molecule has 0 aliphatic heterocycles. The summed E-state index contributed by atoms with van der Waals surface area (Å²) in [5, 5.41) is 20.9. The fraction of sp³-hybridized carbons (Fsp3) is 0.222. The molecule has 2 aromatic rings. The zero-order valence-corrected chi connectivity index (χ0v) is 16.5. The third kappa shape index (κ3) is 5.48. The molecule has 0 aromatic heterocycles. The van der Waals surface area contributed by atoms with E-state index >= 15 is 0 Å². The molecule has 0 saturated heterocycles. The quantitative estimate of drug-likeness (QED) is 0.297. The smallest absolute Gasteiger partial charge is 0.269 e. The number of hydrogen-bond acceptors (Lipinski definition) is 8. The van der Waals surface area contributed by atoms with Gasteiger partial charge in [0, 0.05) is 24.3 Å². The number of nitrogens with zero attached hydrogens (tertiary/aromatic N) is 3. The first kappa shape index (κ1) is 21.8. The number of rotatable bonds is 8. The third-order valence-electron chi connectivity index (χ3n) is 3.71. The van der Waals surface area contributed by atoms with Crippen molar-refractivity contribution in [1.82, 2.24) is 0 Å². The van der Waals surface area contributed by atoms with Crippen LogP contribution < -0.4 is 14.8 Å². The maximum atomic E-state index is 12.6. The number of benzene rings is 2. The monoisotopic (exact) mass is 420 g/mol. The zero-order valence-electron chi connectivity index (χ0n) is 15.7. The molecule has 0 fully saturated rings.